The Bertz CT molecular complexity index is 1480. The number of rotatable bonds is 11. The van der Waals surface area contributed by atoms with Crippen LogP contribution in [-0.4, -0.2) is 85.0 Å². The lowest BCUT2D eigenvalue weighted by atomic mass is 10.0. The number of β-lactam (4-membered cyclic amide) rings is 1. The average Bonchev–Trinajstić information content (AvgIpc) is 3.44. The maximum Gasteiger partial charge on any atom is 0.414 e. The number of carbonyl (C=O) groups excluding carboxylic acids is 4. The molecule has 3 amide bonds. The van der Waals surface area contributed by atoms with E-state index in [1.807, 2.05) is 0 Å². The van der Waals surface area contributed by atoms with Crippen LogP contribution >= 0.6 is 45.9 Å². The number of thioether (sulfide) groups is 1. The molecule has 0 radical (unpaired) electrons. The molecule has 2 atom stereocenters. The molecule has 1 aromatic heterocycles. The van der Waals surface area contributed by atoms with E-state index >= 15 is 0 Å². The van der Waals surface area contributed by atoms with E-state index in [9.17, 15) is 23.6 Å². The number of halogens is 2. The SMILES string of the molecule is COc1ccc(COC(=O)C2=C(CI)CSC3C(NC(=O)C(=NOCF)c4nsc(NC(=O)OC(C)(C)C)n4)C(=O)N23)cc1. The quantitative estimate of drug-likeness (QED) is 0.0860. The fourth-order valence-corrected chi connectivity index (χ4v) is 6.86. The first kappa shape index (κ1) is 33.4. The van der Waals surface area contributed by atoms with E-state index in [-0.39, 0.29) is 23.3 Å². The van der Waals surface area contributed by atoms with Crippen molar-refractivity contribution >= 4 is 80.6 Å². The van der Waals surface area contributed by atoms with Crippen LogP contribution in [0.1, 0.15) is 32.2 Å². The van der Waals surface area contributed by atoms with Gasteiger partial charge >= 0.3 is 12.1 Å². The molecule has 2 aliphatic rings. The lowest BCUT2D eigenvalue weighted by Gasteiger charge is -2.49. The molecule has 1 fully saturated rings. The first-order valence-electron chi connectivity index (χ1n) is 12.9. The van der Waals surface area contributed by atoms with E-state index in [0.717, 1.165) is 22.7 Å². The van der Waals surface area contributed by atoms with Crippen molar-refractivity contribution in [3.05, 3.63) is 46.9 Å². The molecule has 0 bridgehead atoms. The number of anilines is 1. The van der Waals surface area contributed by atoms with Gasteiger partial charge in [-0.2, -0.15) is 9.36 Å². The lowest BCUT2D eigenvalue weighted by molar-refractivity contribution is -0.153. The monoisotopic (exact) mass is 762 g/mol. The number of aromatic nitrogens is 2. The lowest BCUT2D eigenvalue weighted by Crippen LogP contribution is -2.71. The predicted molar refractivity (Wildman–Crippen MR) is 167 cm³/mol. The third-order valence-corrected chi connectivity index (χ3v) is 8.77. The third kappa shape index (κ3) is 7.95. The molecule has 2 unspecified atom stereocenters. The summed E-state index contributed by atoms with van der Waals surface area (Å²) >= 11 is 4.20. The zero-order valence-electron chi connectivity index (χ0n) is 23.9. The summed E-state index contributed by atoms with van der Waals surface area (Å²) in [5, 5.41) is 7.80. The molecule has 0 saturated carbocycles. The van der Waals surface area contributed by atoms with Crippen LogP contribution in [0.3, 0.4) is 0 Å². The molecule has 2 aliphatic heterocycles. The van der Waals surface area contributed by atoms with Crippen LogP contribution in [0.5, 0.6) is 5.75 Å². The second-order valence-corrected chi connectivity index (χ2v) is 12.7. The van der Waals surface area contributed by atoms with E-state index in [1.165, 1.54) is 16.7 Å². The molecule has 14 nitrogen and oxygen atoms in total. The fourth-order valence-electron chi connectivity index (χ4n) is 3.96. The van der Waals surface area contributed by atoms with Crippen LogP contribution in [0.15, 0.2) is 40.7 Å². The summed E-state index contributed by atoms with van der Waals surface area (Å²) in [5.41, 5.74) is 0.311. The minimum absolute atomic E-state index is 0.0132. The van der Waals surface area contributed by atoms with Gasteiger partial charge in [-0.05, 0) is 44.0 Å². The van der Waals surface area contributed by atoms with Gasteiger partial charge in [0.05, 0.1) is 7.11 Å². The van der Waals surface area contributed by atoms with Gasteiger partial charge in [0.1, 0.15) is 35.1 Å². The number of esters is 1. The number of alkyl halides is 2. The number of methoxy groups -OCH3 is 1. The Morgan fingerprint density at radius 1 is 1.23 bits per heavy atom. The first-order valence-corrected chi connectivity index (χ1v) is 16.2. The number of carbonyl (C=O) groups is 4. The van der Waals surface area contributed by atoms with Crippen LogP contribution in [0.2, 0.25) is 0 Å². The number of amides is 3. The van der Waals surface area contributed by atoms with Gasteiger partial charge in [0.25, 0.3) is 18.7 Å². The molecule has 4 rings (SSSR count). The maximum absolute atomic E-state index is 13.3. The number of hydrogen-bond donors (Lipinski definition) is 2. The number of nitrogens with zero attached hydrogens (tertiary/aromatic N) is 4. The number of benzene rings is 1. The Kier molecular flexibility index (Phi) is 11.0. The van der Waals surface area contributed by atoms with Gasteiger partial charge in [-0.15, -0.1) is 11.8 Å². The van der Waals surface area contributed by atoms with Crippen molar-refractivity contribution in [2.24, 2.45) is 5.16 Å². The summed E-state index contributed by atoms with van der Waals surface area (Å²) in [6.07, 6.45) is -0.796. The van der Waals surface area contributed by atoms with Gasteiger partial charge in [0.15, 0.2) is 0 Å². The maximum atomic E-state index is 13.3. The third-order valence-electron chi connectivity index (χ3n) is 5.88. The standard InChI is InChI=1S/C26H28FIN6O8S2/c1-26(2,3)42-25(38)31-24-30-19(33-44-24)16(32-41-12-27)20(35)29-17-21(36)34-18(14(9-28)11-43-22(17)34)23(37)40-10-13-5-7-15(39-4)8-6-13/h5-8,17,22H,9-12H2,1-4H3,(H,29,35)(H,30,31,33,38). The number of oxime groups is 1. The number of fused-ring (bicyclic) bond motifs is 1. The molecule has 0 spiro atoms. The van der Waals surface area contributed by atoms with Crippen LogP contribution in [0.25, 0.3) is 0 Å². The average molecular weight is 763 g/mol. The van der Waals surface area contributed by atoms with Crippen molar-refractivity contribution in [1.82, 2.24) is 19.6 Å². The molecule has 2 aromatic rings. The summed E-state index contributed by atoms with van der Waals surface area (Å²) in [6.45, 7) is 3.69. The Hall–Kier alpha value is -3.52. The van der Waals surface area contributed by atoms with Gasteiger partial charge in [-0.1, -0.05) is 39.9 Å². The molecule has 0 aliphatic carbocycles. The highest BCUT2D eigenvalue weighted by Gasteiger charge is 2.54. The molecule has 18 heteroatoms. The van der Waals surface area contributed by atoms with Gasteiger partial charge in [0.2, 0.25) is 16.7 Å². The van der Waals surface area contributed by atoms with Crippen molar-refractivity contribution in [2.75, 3.05) is 29.5 Å². The van der Waals surface area contributed by atoms with E-state index in [4.69, 9.17) is 14.2 Å². The van der Waals surface area contributed by atoms with Crippen LogP contribution in [-0.2, 0) is 35.3 Å². The summed E-state index contributed by atoms with van der Waals surface area (Å²) in [7, 11) is 1.55. The van der Waals surface area contributed by atoms with E-state index in [0.29, 0.717) is 15.9 Å². The summed E-state index contributed by atoms with van der Waals surface area (Å²) in [5.74, 6) is -1.32. The van der Waals surface area contributed by atoms with Crippen molar-refractivity contribution in [3.8, 4) is 5.75 Å². The van der Waals surface area contributed by atoms with Gasteiger partial charge in [-0.3, -0.25) is 19.8 Å². The second-order valence-electron chi connectivity index (χ2n) is 10.1. The Morgan fingerprint density at radius 3 is 2.59 bits per heavy atom. The molecule has 44 heavy (non-hydrogen) atoms. The molecule has 1 aromatic carbocycles. The molecule has 3 heterocycles. The fraction of sp³-hybridized carbons (Fsp3) is 0.423. The topological polar surface area (TPSA) is 171 Å². The van der Waals surface area contributed by atoms with Crippen LogP contribution in [0, 0.1) is 0 Å². The predicted octanol–water partition coefficient (Wildman–Crippen LogP) is 3.37. The highest BCUT2D eigenvalue weighted by atomic mass is 127. The number of nitrogens with one attached hydrogen (secondary N) is 2. The summed E-state index contributed by atoms with van der Waals surface area (Å²) in [6, 6.07) is 5.97. The number of hydrogen-bond acceptors (Lipinski definition) is 13. The first-order chi connectivity index (χ1) is 20.9. The second kappa shape index (κ2) is 14.5. The summed E-state index contributed by atoms with van der Waals surface area (Å²) < 4.78 is 33.1. The van der Waals surface area contributed by atoms with E-state index < -0.39 is 53.5 Å². The summed E-state index contributed by atoms with van der Waals surface area (Å²) in [4.78, 5) is 61.5. The van der Waals surface area contributed by atoms with Crippen molar-refractivity contribution in [1.29, 1.82) is 0 Å². The Balaban J connectivity index is 1.44. The normalized spacial score (nSPS) is 18.2. The zero-order chi connectivity index (χ0) is 32.0. The minimum atomic E-state index is -1.34. The zero-order valence-corrected chi connectivity index (χ0v) is 27.7. The van der Waals surface area contributed by atoms with Crippen molar-refractivity contribution < 1.29 is 42.6 Å². The molecule has 1 saturated heterocycles. The van der Waals surface area contributed by atoms with Crippen LogP contribution in [0.4, 0.5) is 14.3 Å². The molecular weight excluding hydrogens is 734 g/mol. The van der Waals surface area contributed by atoms with Gasteiger partial charge < -0.3 is 24.4 Å². The highest BCUT2D eigenvalue weighted by Crippen LogP contribution is 2.41. The minimum Gasteiger partial charge on any atom is -0.497 e. The molecule has 2 N–H and O–H groups in total. The van der Waals surface area contributed by atoms with Crippen molar-refractivity contribution in [3.63, 3.8) is 0 Å². The van der Waals surface area contributed by atoms with Gasteiger partial charge in [-0.25, -0.2) is 14.0 Å². The van der Waals surface area contributed by atoms with E-state index in [2.05, 4.69) is 52.6 Å². The smallest absolute Gasteiger partial charge is 0.414 e. The Morgan fingerprint density at radius 2 is 1.95 bits per heavy atom. The number of ether oxygens (including phenoxy) is 3. The van der Waals surface area contributed by atoms with Crippen LogP contribution < -0.4 is 15.4 Å². The highest BCUT2D eigenvalue weighted by molar-refractivity contribution is 14.1. The molecular formula is C26H28FIN6O8S2. The van der Waals surface area contributed by atoms with Crippen molar-refractivity contribution in [2.45, 2.75) is 44.4 Å². The Labute approximate surface area is 273 Å². The van der Waals surface area contributed by atoms with E-state index in [1.54, 1.807) is 52.1 Å². The molecule has 236 valence electrons. The van der Waals surface area contributed by atoms with Gasteiger partial charge in [0, 0.05) is 21.7 Å². The largest absolute Gasteiger partial charge is 0.497 e.